The van der Waals surface area contributed by atoms with E-state index in [2.05, 4.69) is 35.5 Å². The fourth-order valence-electron chi connectivity index (χ4n) is 7.34. The Morgan fingerprint density at radius 2 is 1.51 bits per heavy atom. The topological polar surface area (TPSA) is 351 Å². The number of carbonyl (C=O) groups excluding carboxylic acids is 6. The summed E-state index contributed by atoms with van der Waals surface area (Å²) >= 11 is 0.0871. The number of rotatable bonds is 10. The standard InChI is InChI=1S/C36H51N7O17S/c1-15-7-19(45)11-38-34(54)29-30(50)16(2)13-43(29)36(56)28(24(49)12-37-4)41-33(53)27(23(48)8-18-5-6-22(47)25(9-18)58-61-60-59-57)40-32(52)21-10-20(46)14-42(21)35(55)26(17(3)44)39-31(15)51/h5-6,9,15-17,19-21,23-24,26-30,44-50,57H,7-8,10-14H2,1-3H3,(H,38,54)(H,39,51)(H,40,52)(H,41,53)/t15-,16-,17+,19+,20+,21-,23+,24+,26-,27-,28-,29-,30-/m0/s1. The zero-order chi connectivity index (χ0) is 45.3. The second-order valence-electron chi connectivity index (χ2n) is 15.3. The number of fused-ring (bicyclic) bond motifs is 2. The van der Waals surface area contributed by atoms with Crippen molar-refractivity contribution in [2.24, 2.45) is 11.8 Å². The zero-order valence-corrected chi connectivity index (χ0v) is 34.0. The molecule has 0 aromatic heterocycles. The first-order valence-electron chi connectivity index (χ1n) is 19.1. The molecular weight excluding hydrogens is 834 g/mol. The highest BCUT2D eigenvalue weighted by atomic mass is 32.2. The fraction of sp³-hybridized carbons (Fsp3) is 0.639. The highest BCUT2D eigenvalue weighted by molar-refractivity contribution is 7.90. The molecule has 0 bridgehead atoms. The number of hydrogen-bond donors (Lipinski definition) is 12. The maximum atomic E-state index is 14.3. The fourth-order valence-corrected chi connectivity index (χ4v) is 7.60. The summed E-state index contributed by atoms with van der Waals surface area (Å²) in [6, 6.07) is -5.40. The van der Waals surface area contributed by atoms with Crippen LogP contribution in [0.4, 0.5) is 0 Å². The smallest absolute Gasteiger partial charge is 0.261 e. The van der Waals surface area contributed by atoms with E-state index >= 15 is 0 Å². The second-order valence-corrected chi connectivity index (χ2v) is 15.7. The lowest BCUT2D eigenvalue weighted by atomic mass is 9.99. The molecule has 12 N–H and O–H groups in total. The number of benzene rings is 1. The van der Waals surface area contributed by atoms with Crippen LogP contribution in [-0.2, 0) is 44.6 Å². The van der Waals surface area contributed by atoms with E-state index in [-0.39, 0.29) is 36.6 Å². The van der Waals surface area contributed by atoms with Gasteiger partial charge in [0.05, 0.1) is 30.5 Å². The van der Waals surface area contributed by atoms with E-state index in [9.17, 15) is 64.5 Å². The van der Waals surface area contributed by atoms with Crippen LogP contribution in [0.2, 0.25) is 0 Å². The van der Waals surface area contributed by atoms with Crippen LogP contribution in [0.15, 0.2) is 18.2 Å². The monoisotopic (exact) mass is 885 g/mol. The number of hydrogen-bond acceptors (Lipinski definition) is 18. The molecule has 0 radical (unpaired) electrons. The predicted octanol–water partition coefficient (Wildman–Crippen LogP) is -4.54. The largest absolute Gasteiger partial charge is 0.504 e. The summed E-state index contributed by atoms with van der Waals surface area (Å²) in [6.07, 6.45) is -10.9. The maximum Gasteiger partial charge on any atom is 0.261 e. The molecule has 13 atom stereocenters. The molecule has 3 fully saturated rings. The van der Waals surface area contributed by atoms with Crippen molar-refractivity contribution in [2.75, 3.05) is 26.2 Å². The summed E-state index contributed by atoms with van der Waals surface area (Å²) < 4.78 is 9.21. The van der Waals surface area contributed by atoms with Gasteiger partial charge in [0.25, 0.3) is 12.3 Å². The van der Waals surface area contributed by atoms with Gasteiger partial charge >= 0.3 is 0 Å². The highest BCUT2D eigenvalue weighted by Crippen LogP contribution is 2.31. The van der Waals surface area contributed by atoms with E-state index in [0.717, 1.165) is 15.9 Å². The van der Waals surface area contributed by atoms with Crippen LogP contribution in [0, 0.1) is 18.4 Å². The van der Waals surface area contributed by atoms with Gasteiger partial charge in [-0.2, -0.15) is 0 Å². The Hall–Kier alpha value is -4.88. The quantitative estimate of drug-likeness (QED) is 0.0346. The number of aliphatic hydroxyl groups is 6. The van der Waals surface area contributed by atoms with Crippen LogP contribution in [0.25, 0.3) is 4.85 Å². The van der Waals surface area contributed by atoms with Gasteiger partial charge in [0.15, 0.2) is 17.6 Å². The van der Waals surface area contributed by atoms with E-state index in [1.807, 2.05) is 0 Å². The van der Waals surface area contributed by atoms with Crippen LogP contribution in [0.5, 0.6) is 11.5 Å². The van der Waals surface area contributed by atoms with Crippen molar-refractivity contribution in [2.45, 2.75) is 107 Å². The van der Waals surface area contributed by atoms with Gasteiger partial charge in [0.1, 0.15) is 30.2 Å². The number of aliphatic hydroxyl groups excluding tert-OH is 6. The van der Waals surface area contributed by atoms with Crippen molar-refractivity contribution >= 4 is 47.8 Å². The van der Waals surface area contributed by atoms with Gasteiger partial charge in [-0.05, 0) is 31.0 Å². The van der Waals surface area contributed by atoms with Gasteiger partial charge in [-0.25, -0.2) is 11.8 Å². The molecule has 3 heterocycles. The molecule has 338 valence electrons. The van der Waals surface area contributed by atoms with Crippen molar-refractivity contribution in [1.29, 1.82) is 0 Å². The van der Waals surface area contributed by atoms with Crippen molar-refractivity contribution in [3.63, 3.8) is 0 Å². The molecule has 1 aromatic carbocycles. The first-order chi connectivity index (χ1) is 28.8. The van der Waals surface area contributed by atoms with Crippen molar-refractivity contribution in [3.8, 4) is 11.5 Å². The Kier molecular flexibility index (Phi) is 17.4. The first kappa shape index (κ1) is 48.8. The number of β-amino-alcohol motifs (C(OH)–C–C–N with tert-alkyl or cyclic N) is 1. The molecule has 24 nitrogen and oxygen atoms in total. The number of nitrogens with one attached hydrogen (secondary N) is 4. The third kappa shape index (κ3) is 12.2. The minimum atomic E-state index is -2.07. The maximum absolute atomic E-state index is 14.3. The first-order valence-corrected chi connectivity index (χ1v) is 19.8. The molecule has 4 rings (SSSR count). The number of nitrogens with zero attached hydrogens (tertiary/aromatic N) is 3. The molecule has 1 aromatic rings. The lowest BCUT2D eigenvalue weighted by molar-refractivity contribution is -0.433. The summed E-state index contributed by atoms with van der Waals surface area (Å²) in [5.74, 6) is -8.88. The lowest BCUT2D eigenvalue weighted by Gasteiger charge is -2.33. The number of phenolic OH excluding ortho intramolecular Hbond substituents is 1. The Morgan fingerprint density at radius 1 is 0.852 bits per heavy atom. The van der Waals surface area contributed by atoms with Crippen LogP contribution < -0.4 is 25.5 Å². The molecule has 61 heavy (non-hydrogen) atoms. The normalized spacial score (nSPS) is 31.3. The van der Waals surface area contributed by atoms with Crippen molar-refractivity contribution in [3.05, 3.63) is 35.2 Å². The van der Waals surface area contributed by atoms with Gasteiger partial charge in [-0.1, -0.05) is 29.3 Å². The van der Waals surface area contributed by atoms with E-state index < -0.39 is 152 Å². The Balaban J connectivity index is 1.80. The molecule has 0 aliphatic carbocycles. The summed E-state index contributed by atoms with van der Waals surface area (Å²) in [5.41, 5.74) is 0.146. The summed E-state index contributed by atoms with van der Waals surface area (Å²) in [7, 11) is 0. The van der Waals surface area contributed by atoms with E-state index in [1.54, 1.807) is 0 Å². The van der Waals surface area contributed by atoms with Gasteiger partial charge in [0, 0.05) is 44.3 Å². The molecule has 6 amide bonds. The molecule has 0 saturated carbocycles. The molecular formula is C36H51N7O17S. The van der Waals surface area contributed by atoms with E-state index in [1.165, 1.54) is 32.9 Å². The average molecular weight is 886 g/mol. The van der Waals surface area contributed by atoms with Gasteiger partial charge < -0.3 is 75.8 Å². The Labute approximate surface area is 353 Å². The van der Waals surface area contributed by atoms with Crippen LogP contribution >= 0.6 is 12.3 Å². The van der Waals surface area contributed by atoms with E-state index in [0.29, 0.717) is 0 Å². The second kappa shape index (κ2) is 21.8. The van der Waals surface area contributed by atoms with Crippen molar-refractivity contribution < 1.29 is 83.3 Å². The molecule has 3 saturated heterocycles. The minimum absolute atomic E-state index is 0.0871. The number of carbonyl (C=O) groups is 6. The van der Waals surface area contributed by atoms with Crippen LogP contribution in [0.3, 0.4) is 0 Å². The number of phenols is 1. The Bertz CT molecular complexity index is 1800. The molecule has 0 unspecified atom stereocenters. The number of amides is 6. The van der Waals surface area contributed by atoms with Crippen molar-refractivity contribution in [1.82, 2.24) is 31.1 Å². The SMILES string of the molecule is [C-]#[N+]C[C@@H](O)[C@@H]1NC(=O)[C@H]([C@H](O)Cc2ccc(O)c(OSOOO)c2)NC(=O)[C@@H]2C[C@@H](O)CN2C(=O)[C@H]([C@@H](C)O)NC(=O)[C@@H](C)C[C@@H](O)CNC(=O)[C@@H]2[C@@H](O)[C@@H](C)CN2C1=O. The predicted molar refractivity (Wildman–Crippen MR) is 205 cm³/mol. The Morgan fingerprint density at radius 3 is 2.16 bits per heavy atom. The molecule has 0 spiro atoms. The zero-order valence-electron chi connectivity index (χ0n) is 33.2. The average Bonchev–Trinajstić information content (AvgIpc) is 3.75. The lowest BCUT2D eigenvalue weighted by Crippen LogP contribution is -2.64. The van der Waals surface area contributed by atoms with Gasteiger partial charge in [-0.3, -0.25) is 28.8 Å². The number of aromatic hydroxyl groups is 1. The van der Waals surface area contributed by atoms with E-state index in [4.69, 9.17) is 16.0 Å². The molecule has 25 heteroatoms. The van der Waals surface area contributed by atoms with Crippen LogP contribution in [0.1, 0.15) is 39.2 Å². The van der Waals surface area contributed by atoms with Gasteiger partial charge in [0.2, 0.25) is 42.0 Å². The summed E-state index contributed by atoms with van der Waals surface area (Å²) in [4.78, 5) is 88.2. The third-order valence-corrected chi connectivity index (χ3v) is 11.0. The third-order valence-electron chi connectivity index (χ3n) is 10.6. The summed E-state index contributed by atoms with van der Waals surface area (Å²) in [5, 5.41) is 97.2. The summed E-state index contributed by atoms with van der Waals surface area (Å²) in [6.45, 7) is 9.42. The molecule has 3 aliphatic heterocycles. The highest BCUT2D eigenvalue weighted by Gasteiger charge is 2.50. The molecule has 3 aliphatic rings. The van der Waals surface area contributed by atoms with Crippen LogP contribution in [-0.4, -0.2) is 179 Å². The van der Waals surface area contributed by atoms with Gasteiger partial charge in [-0.15, -0.1) is 0 Å². The minimum Gasteiger partial charge on any atom is -0.504 e.